The fourth-order valence-corrected chi connectivity index (χ4v) is 3.11. The molecule has 0 bridgehead atoms. The molecule has 1 aromatic heterocycles. The highest BCUT2D eigenvalue weighted by atomic mass is 16.5. The molecule has 0 saturated carbocycles. The van der Waals surface area contributed by atoms with Gasteiger partial charge in [0.05, 0.1) is 13.0 Å². The van der Waals surface area contributed by atoms with Crippen molar-refractivity contribution in [1.29, 1.82) is 0 Å². The number of ether oxygens (including phenoxy) is 1. The number of nitrogens with zero attached hydrogens (tertiary/aromatic N) is 2. The van der Waals surface area contributed by atoms with Crippen LogP contribution in [0.3, 0.4) is 0 Å². The zero-order valence-electron chi connectivity index (χ0n) is 14.5. The standard InChI is InChI=1S/C20H22N2O2/c1-21(2)20(23)19(14-9-11-15(24-4)12-10-14)17-13-22(3)18-8-6-5-7-16(17)18/h5-13,19H,1-4H3. The van der Waals surface area contributed by atoms with Crippen molar-refractivity contribution in [2.75, 3.05) is 21.2 Å². The summed E-state index contributed by atoms with van der Waals surface area (Å²) >= 11 is 0. The van der Waals surface area contributed by atoms with Crippen LogP contribution in [-0.2, 0) is 11.8 Å². The number of fused-ring (bicyclic) bond motifs is 1. The van der Waals surface area contributed by atoms with Crippen molar-refractivity contribution in [3.8, 4) is 5.75 Å². The van der Waals surface area contributed by atoms with Crippen LogP contribution in [0.25, 0.3) is 10.9 Å². The highest BCUT2D eigenvalue weighted by Gasteiger charge is 2.27. The Hall–Kier alpha value is -2.75. The summed E-state index contributed by atoms with van der Waals surface area (Å²) in [7, 11) is 7.24. The van der Waals surface area contributed by atoms with E-state index < -0.39 is 0 Å². The second-order valence-electron chi connectivity index (χ2n) is 6.15. The summed E-state index contributed by atoms with van der Waals surface area (Å²) in [5, 5.41) is 1.11. The third-order valence-corrected chi connectivity index (χ3v) is 4.38. The Morgan fingerprint density at radius 2 is 1.75 bits per heavy atom. The van der Waals surface area contributed by atoms with E-state index in [0.29, 0.717) is 0 Å². The van der Waals surface area contributed by atoms with Crippen LogP contribution in [-0.4, -0.2) is 36.6 Å². The van der Waals surface area contributed by atoms with Crippen molar-refractivity contribution in [2.45, 2.75) is 5.92 Å². The molecule has 0 radical (unpaired) electrons. The average molecular weight is 322 g/mol. The van der Waals surface area contributed by atoms with E-state index in [2.05, 4.69) is 22.9 Å². The van der Waals surface area contributed by atoms with E-state index in [1.165, 1.54) is 0 Å². The molecule has 1 unspecified atom stereocenters. The number of hydrogen-bond acceptors (Lipinski definition) is 2. The number of rotatable bonds is 4. The average Bonchev–Trinajstić information content (AvgIpc) is 2.93. The Balaban J connectivity index is 2.18. The Morgan fingerprint density at radius 3 is 2.38 bits per heavy atom. The zero-order chi connectivity index (χ0) is 17.3. The van der Waals surface area contributed by atoms with Crippen molar-refractivity contribution in [2.24, 2.45) is 7.05 Å². The van der Waals surface area contributed by atoms with E-state index in [1.54, 1.807) is 26.1 Å². The zero-order valence-corrected chi connectivity index (χ0v) is 14.5. The number of para-hydroxylation sites is 1. The van der Waals surface area contributed by atoms with Gasteiger partial charge in [0.25, 0.3) is 0 Å². The molecule has 0 aliphatic rings. The topological polar surface area (TPSA) is 34.5 Å². The minimum atomic E-state index is -0.336. The van der Waals surface area contributed by atoms with Crippen LogP contribution >= 0.6 is 0 Å². The van der Waals surface area contributed by atoms with Gasteiger partial charge in [-0.3, -0.25) is 4.79 Å². The van der Waals surface area contributed by atoms with Crippen molar-refractivity contribution in [3.63, 3.8) is 0 Å². The van der Waals surface area contributed by atoms with Gasteiger partial charge < -0.3 is 14.2 Å². The van der Waals surface area contributed by atoms with Gasteiger partial charge in [-0.05, 0) is 29.3 Å². The molecule has 0 spiro atoms. The summed E-state index contributed by atoms with van der Waals surface area (Å²) in [4.78, 5) is 14.6. The lowest BCUT2D eigenvalue weighted by atomic mass is 9.90. The van der Waals surface area contributed by atoms with Gasteiger partial charge in [0.1, 0.15) is 5.75 Å². The summed E-state index contributed by atoms with van der Waals surface area (Å²) in [6.45, 7) is 0. The highest BCUT2D eigenvalue weighted by molar-refractivity contribution is 5.94. The molecule has 124 valence electrons. The molecule has 2 aromatic carbocycles. The van der Waals surface area contributed by atoms with E-state index in [0.717, 1.165) is 27.8 Å². The van der Waals surface area contributed by atoms with E-state index in [1.807, 2.05) is 43.4 Å². The molecular formula is C20H22N2O2. The largest absolute Gasteiger partial charge is 0.497 e. The van der Waals surface area contributed by atoms with E-state index in [-0.39, 0.29) is 11.8 Å². The van der Waals surface area contributed by atoms with E-state index in [9.17, 15) is 4.79 Å². The predicted molar refractivity (Wildman–Crippen MR) is 96.5 cm³/mol. The third kappa shape index (κ3) is 2.75. The first-order valence-electron chi connectivity index (χ1n) is 7.92. The molecule has 1 heterocycles. The Labute approximate surface area is 142 Å². The fourth-order valence-electron chi connectivity index (χ4n) is 3.11. The number of hydrogen-bond donors (Lipinski definition) is 0. The van der Waals surface area contributed by atoms with Gasteiger partial charge in [0.2, 0.25) is 5.91 Å². The molecule has 0 N–H and O–H groups in total. The molecule has 1 atom stereocenters. The first kappa shape index (κ1) is 16.1. The smallest absolute Gasteiger partial charge is 0.234 e. The number of methoxy groups -OCH3 is 1. The summed E-state index contributed by atoms with van der Waals surface area (Å²) in [6, 6.07) is 15.9. The Bertz CT molecular complexity index is 863. The second kappa shape index (κ2) is 6.40. The minimum absolute atomic E-state index is 0.0662. The van der Waals surface area contributed by atoms with Gasteiger partial charge >= 0.3 is 0 Å². The van der Waals surface area contributed by atoms with Crippen LogP contribution in [0.1, 0.15) is 17.0 Å². The van der Waals surface area contributed by atoms with Crippen LogP contribution in [0.5, 0.6) is 5.75 Å². The number of likely N-dealkylation sites (N-methyl/N-ethyl adjacent to an activating group) is 1. The Kier molecular flexibility index (Phi) is 4.30. The quantitative estimate of drug-likeness (QED) is 0.738. The molecule has 4 nitrogen and oxygen atoms in total. The molecule has 3 rings (SSSR count). The van der Waals surface area contributed by atoms with Crippen LogP contribution in [0.2, 0.25) is 0 Å². The molecule has 0 saturated heterocycles. The summed E-state index contributed by atoms with van der Waals surface area (Å²) in [6.07, 6.45) is 2.06. The minimum Gasteiger partial charge on any atom is -0.497 e. The lowest BCUT2D eigenvalue weighted by molar-refractivity contribution is -0.129. The number of carbonyl (C=O) groups is 1. The SMILES string of the molecule is COc1ccc(C(C(=O)N(C)C)c2cn(C)c3ccccc23)cc1. The van der Waals surface area contributed by atoms with Crippen molar-refractivity contribution in [3.05, 3.63) is 65.9 Å². The monoisotopic (exact) mass is 322 g/mol. The molecule has 0 aliphatic carbocycles. The normalized spacial score (nSPS) is 12.2. The first-order chi connectivity index (χ1) is 11.5. The second-order valence-corrected chi connectivity index (χ2v) is 6.15. The number of amides is 1. The number of carbonyl (C=O) groups excluding carboxylic acids is 1. The first-order valence-corrected chi connectivity index (χ1v) is 7.92. The molecule has 1 amide bonds. The summed E-state index contributed by atoms with van der Waals surface area (Å²) < 4.78 is 7.31. The fraction of sp³-hybridized carbons (Fsp3) is 0.250. The molecule has 0 fully saturated rings. The molecule has 4 heteroatoms. The number of benzene rings is 2. The van der Waals surface area contributed by atoms with E-state index >= 15 is 0 Å². The third-order valence-electron chi connectivity index (χ3n) is 4.38. The molecule has 3 aromatic rings. The highest BCUT2D eigenvalue weighted by Crippen LogP contribution is 2.33. The maximum Gasteiger partial charge on any atom is 0.234 e. The van der Waals surface area contributed by atoms with Crippen LogP contribution < -0.4 is 4.74 Å². The maximum absolute atomic E-state index is 12.9. The maximum atomic E-state index is 12.9. The predicted octanol–water partition coefficient (Wildman–Crippen LogP) is 3.41. The molecule has 24 heavy (non-hydrogen) atoms. The summed E-state index contributed by atoms with van der Waals surface area (Å²) in [5.41, 5.74) is 3.11. The van der Waals surface area contributed by atoms with Crippen LogP contribution in [0.4, 0.5) is 0 Å². The van der Waals surface area contributed by atoms with Gasteiger partial charge in [-0.15, -0.1) is 0 Å². The molecular weight excluding hydrogens is 300 g/mol. The van der Waals surface area contributed by atoms with Crippen molar-refractivity contribution >= 4 is 16.8 Å². The summed E-state index contributed by atoms with van der Waals surface area (Å²) in [5.74, 6) is 0.515. The van der Waals surface area contributed by atoms with Gasteiger partial charge in [-0.1, -0.05) is 30.3 Å². The van der Waals surface area contributed by atoms with Crippen LogP contribution in [0, 0.1) is 0 Å². The van der Waals surface area contributed by atoms with Gasteiger partial charge in [0, 0.05) is 38.2 Å². The van der Waals surface area contributed by atoms with Crippen molar-refractivity contribution in [1.82, 2.24) is 9.47 Å². The molecule has 0 aliphatic heterocycles. The number of aromatic nitrogens is 1. The number of aryl methyl sites for hydroxylation is 1. The van der Waals surface area contributed by atoms with Gasteiger partial charge in [-0.25, -0.2) is 0 Å². The lowest BCUT2D eigenvalue weighted by Crippen LogP contribution is -2.28. The van der Waals surface area contributed by atoms with Crippen LogP contribution in [0.15, 0.2) is 54.7 Å². The van der Waals surface area contributed by atoms with E-state index in [4.69, 9.17) is 4.74 Å². The lowest BCUT2D eigenvalue weighted by Gasteiger charge is -2.21. The van der Waals surface area contributed by atoms with Crippen molar-refractivity contribution < 1.29 is 9.53 Å². The van der Waals surface area contributed by atoms with Gasteiger partial charge in [0.15, 0.2) is 0 Å². The Morgan fingerprint density at radius 1 is 1.08 bits per heavy atom. The van der Waals surface area contributed by atoms with Gasteiger partial charge in [-0.2, -0.15) is 0 Å².